The van der Waals surface area contributed by atoms with Crippen LogP contribution in [0.15, 0.2) is 0 Å². The van der Waals surface area contributed by atoms with Gasteiger partial charge in [-0.15, -0.1) is 0 Å². The summed E-state index contributed by atoms with van der Waals surface area (Å²) in [5, 5.41) is 11.5. The Kier molecular flexibility index (Phi) is 6.85. The van der Waals surface area contributed by atoms with Crippen molar-refractivity contribution in [3.05, 3.63) is 0 Å². The molecule has 0 spiro atoms. The number of amides is 1. The van der Waals surface area contributed by atoms with Crippen LogP contribution in [0.3, 0.4) is 0 Å². The van der Waals surface area contributed by atoms with Gasteiger partial charge in [-0.1, -0.05) is 26.6 Å². The maximum absolute atomic E-state index is 11.0. The van der Waals surface area contributed by atoms with E-state index in [1.165, 1.54) is 6.92 Å². The van der Waals surface area contributed by atoms with Crippen LogP contribution in [-0.2, 0) is 9.59 Å². The maximum atomic E-state index is 11.0. The molecule has 4 nitrogen and oxygen atoms in total. The molecule has 0 aromatic heterocycles. The number of rotatable bonds is 7. The predicted molar refractivity (Wildman–Crippen MR) is 75.1 cm³/mol. The van der Waals surface area contributed by atoms with E-state index in [-0.39, 0.29) is 5.91 Å². The van der Waals surface area contributed by atoms with Crippen molar-refractivity contribution in [1.29, 1.82) is 0 Å². The van der Waals surface area contributed by atoms with Crippen molar-refractivity contribution in [3.8, 4) is 0 Å². The molecule has 0 fully saturated rings. The van der Waals surface area contributed by atoms with E-state index in [0.29, 0.717) is 10.6 Å². The Morgan fingerprint density at radius 3 is 2.18 bits per heavy atom. The van der Waals surface area contributed by atoms with E-state index in [4.69, 9.17) is 5.11 Å². The highest BCUT2D eigenvalue weighted by atomic mass is 32.2. The quantitative estimate of drug-likeness (QED) is 0.698. The lowest BCUT2D eigenvalue weighted by atomic mass is 10.3. The maximum Gasteiger partial charge on any atom is 0.327 e. The average Bonchev–Trinajstić information content (AvgIpc) is 2.13. The molecule has 6 heteroatoms. The van der Waals surface area contributed by atoms with Crippen LogP contribution >= 0.6 is 11.8 Å². The minimum absolute atomic E-state index is 0.293. The summed E-state index contributed by atoms with van der Waals surface area (Å²) in [6.45, 7) is 10.3. The third-order valence-corrected chi connectivity index (χ3v) is 8.70. The second kappa shape index (κ2) is 7.06. The molecule has 0 aliphatic heterocycles. The number of carbonyl (C=O) groups is 2. The first-order chi connectivity index (χ1) is 7.68. The van der Waals surface area contributed by atoms with Crippen molar-refractivity contribution in [1.82, 2.24) is 5.32 Å². The number of nitrogens with one attached hydrogen (secondary N) is 1. The number of carboxylic acid groups (broad SMARTS) is 1. The molecule has 2 atom stereocenters. The van der Waals surface area contributed by atoms with Gasteiger partial charge >= 0.3 is 5.97 Å². The van der Waals surface area contributed by atoms with Gasteiger partial charge in [0.1, 0.15) is 6.04 Å². The second-order valence-electron chi connectivity index (χ2n) is 5.19. The molecule has 0 saturated heterocycles. The number of hydrogen-bond acceptors (Lipinski definition) is 3. The summed E-state index contributed by atoms with van der Waals surface area (Å²) in [6, 6.07) is -0.775. The Labute approximate surface area is 109 Å². The van der Waals surface area contributed by atoms with Crippen LogP contribution in [0.1, 0.15) is 20.3 Å². The van der Waals surface area contributed by atoms with Gasteiger partial charge in [0.25, 0.3) is 0 Å². The monoisotopic (exact) mass is 277 g/mol. The molecule has 0 saturated carbocycles. The smallest absolute Gasteiger partial charge is 0.327 e. The van der Waals surface area contributed by atoms with Gasteiger partial charge in [0, 0.05) is 12.7 Å². The summed E-state index contributed by atoms with van der Waals surface area (Å²) >= 11 is 1.67. The lowest BCUT2D eigenvalue weighted by Gasteiger charge is -2.28. The molecule has 0 aromatic carbocycles. The summed E-state index contributed by atoms with van der Waals surface area (Å²) < 4.78 is 0. The minimum atomic E-state index is -1.27. The predicted octanol–water partition coefficient (Wildman–Crippen LogP) is 1.96. The van der Waals surface area contributed by atoms with Crippen molar-refractivity contribution >= 4 is 31.7 Å². The zero-order valence-corrected chi connectivity index (χ0v) is 13.1. The highest BCUT2D eigenvalue weighted by molar-refractivity contribution is 8.01. The SMILES string of the molecule is CCC(SCC(NC(C)=O)C(=O)O)[Si](C)(C)C. The Morgan fingerprint density at radius 2 is 1.88 bits per heavy atom. The van der Waals surface area contributed by atoms with Crippen molar-refractivity contribution in [2.45, 2.75) is 50.8 Å². The van der Waals surface area contributed by atoms with Crippen LogP contribution in [0.4, 0.5) is 0 Å². The molecule has 0 aromatic rings. The highest BCUT2D eigenvalue weighted by Crippen LogP contribution is 2.25. The van der Waals surface area contributed by atoms with Crippen LogP contribution < -0.4 is 5.32 Å². The molecule has 2 N–H and O–H groups in total. The molecule has 1 amide bonds. The standard InChI is InChI=1S/C11H23NO3SSi/c1-6-10(17(3,4)5)16-7-9(11(14)15)12-8(2)13/h9-10H,6-7H2,1-5H3,(H,12,13)(H,14,15). The third kappa shape index (κ3) is 6.73. The van der Waals surface area contributed by atoms with Gasteiger partial charge in [0.15, 0.2) is 0 Å². The van der Waals surface area contributed by atoms with E-state index in [1.54, 1.807) is 11.8 Å². The Balaban J connectivity index is 4.38. The summed E-state index contributed by atoms with van der Waals surface area (Å²) in [5.41, 5.74) is 0. The Morgan fingerprint density at radius 1 is 1.35 bits per heavy atom. The van der Waals surface area contributed by atoms with Crippen molar-refractivity contribution in [2.24, 2.45) is 0 Å². The van der Waals surface area contributed by atoms with E-state index in [9.17, 15) is 9.59 Å². The molecular formula is C11H23NO3SSi. The normalized spacial score (nSPS) is 15.1. The Hall–Kier alpha value is -0.493. The van der Waals surface area contributed by atoms with Crippen molar-refractivity contribution in [2.75, 3.05) is 5.75 Å². The van der Waals surface area contributed by atoms with E-state index >= 15 is 0 Å². The van der Waals surface area contributed by atoms with Crippen LogP contribution in [0.5, 0.6) is 0 Å². The highest BCUT2D eigenvalue weighted by Gasteiger charge is 2.28. The number of aliphatic carboxylic acids is 1. The first-order valence-electron chi connectivity index (χ1n) is 5.80. The Bertz CT molecular complexity index is 278. The third-order valence-electron chi connectivity index (χ3n) is 2.48. The van der Waals surface area contributed by atoms with Gasteiger partial charge in [-0.05, 0) is 11.3 Å². The zero-order chi connectivity index (χ0) is 13.6. The van der Waals surface area contributed by atoms with Crippen LogP contribution in [0.2, 0.25) is 19.6 Å². The van der Waals surface area contributed by atoms with Gasteiger partial charge < -0.3 is 10.4 Å². The molecule has 0 radical (unpaired) electrons. The fourth-order valence-electron chi connectivity index (χ4n) is 1.61. The first-order valence-corrected chi connectivity index (χ1v) is 10.4. The topological polar surface area (TPSA) is 66.4 Å². The summed E-state index contributed by atoms with van der Waals surface area (Å²) in [7, 11) is -1.27. The first kappa shape index (κ1) is 16.5. The summed E-state index contributed by atoms with van der Waals surface area (Å²) in [5.74, 6) is -0.810. The molecule has 17 heavy (non-hydrogen) atoms. The lowest BCUT2D eigenvalue weighted by Crippen LogP contribution is -2.43. The van der Waals surface area contributed by atoms with Crippen LogP contribution in [0, 0.1) is 0 Å². The van der Waals surface area contributed by atoms with Crippen LogP contribution in [-0.4, -0.2) is 41.7 Å². The molecule has 0 aliphatic carbocycles. The molecule has 2 unspecified atom stereocenters. The van der Waals surface area contributed by atoms with Gasteiger partial charge in [-0.3, -0.25) is 4.79 Å². The summed E-state index contributed by atoms with van der Waals surface area (Å²) in [6.07, 6.45) is 1.05. The van der Waals surface area contributed by atoms with Gasteiger partial charge in [-0.2, -0.15) is 11.8 Å². The molecule has 0 bridgehead atoms. The van der Waals surface area contributed by atoms with E-state index in [1.807, 2.05) is 0 Å². The molecule has 0 heterocycles. The average molecular weight is 277 g/mol. The van der Waals surface area contributed by atoms with Crippen molar-refractivity contribution in [3.63, 3.8) is 0 Å². The van der Waals surface area contributed by atoms with E-state index < -0.39 is 20.1 Å². The van der Waals surface area contributed by atoms with Gasteiger partial charge in [0.2, 0.25) is 5.91 Å². The molecular weight excluding hydrogens is 254 g/mol. The zero-order valence-electron chi connectivity index (χ0n) is 11.2. The van der Waals surface area contributed by atoms with Gasteiger partial charge in [0.05, 0.1) is 8.07 Å². The molecule has 0 aliphatic rings. The molecule has 0 rings (SSSR count). The van der Waals surface area contributed by atoms with Crippen molar-refractivity contribution < 1.29 is 14.7 Å². The number of hydrogen-bond donors (Lipinski definition) is 2. The van der Waals surface area contributed by atoms with E-state index in [2.05, 4.69) is 31.9 Å². The van der Waals surface area contributed by atoms with Crippen LogP contribution in [0.25, 0.3) is 0 Å². The summed E-state index contributed by atoms with van der Waals surface area (Å²) in [4.78, 5) is 22.4. The lowest BCUT2D eigenvalue weighted by molar-refractivity contribution is -0.140. The fourth-order valence-corrected chi connectivity index (χ4v) is 6.01. The number of carbonyl (C=O) groups excluding carboxylic acids is 1. The second-order valence-corrected chi connectivity index (χ2v) is 12.3. The minimum Gasteiger partial charge on any atom is -0.480 e. The largest absolute Gasteiger partial charge is 0.480 e. The van der Waals surface area contributed by atoms with Gasteiger partial charge in [-0.25, -0.2) is 4.79 Å². The fraction of sp³-hybridized carbons (Fsp3) is 0.818. The number of carboxylic acids is 1. The number of thioether (sulfide) groups is 1. The van der Waals surface area contributed by atoms with E-state index in [0.717, 1.165) is 6.42 Å². The molecule has 100 valence electrons.